The monoisotopic (exact) mass is 308 g/mol. The van der Waals surface area contributed by atoms with Crippen molar-refractivity contribution in [2.75, 3.05) is 0 Å². The Balaban J connectivity index is 2.09. The molecule has 0 aliphatic heterocycles. The van der Waals surface area contributed by atoms with E-state index in [9.17, 15) is 0 Å². The van der Waals surface area contributed by atoms with Gasteiger partial charge in [-0.05, 0) is 58.0 Å². The highest BCUT2D eigenvalue weighted by Gasteiger charge is 2.12. The maximum absolute atomic E-state index is 2.27. The first-order valence-corrected chi connectivity index (χ1v) is 8.39. The van der Waals surface area contributed by atoms with Gasteiger partial charge in [-0.2, -0.15) is 0 Å². The SMILES string of the molecule is Cc1ccc2c(-c3ccccc3)c(C)ccc2c1-c1ccccc1. The molecule has 0 saturated heterocycles. The minimum absolute atomic E-state index is 1.28. The van der Waals surface area contributed by atoms with Gasteiger partial charge in [0.05, 0.1) is 0 Å². The highest BCUT2D eigenvalue weighted by atomic mass is 14.2. The first-order valence-electron chi connectivity index (χ1n) is 8.39. The molecule has 0 saturated carbocycles. The Morgan fingerprint density at radius 3 is 1.17 bits per heavy atom. The summed E-state index contributed by atoms with van der Waals surface area (Å²) in [7, 11) is 0. The third-order valence-electron chi connectivity index (χ3n) is 4.74. The number of aryl methyl sites for hydroxylation is 2. The number of benzene rings is 4. The van der Waals surface area contributed by atoms with E-state index in [2.05, 4.69) is 98.8 Å². The Bertz CT molecular complexity index is 912. The maximum Gasteiger partial charge on any atom is -0.00759 e. The van der Waals surface area contributed by atoms with Crippen LogP contribution < -0.4 is 0 Å². The minimum Gasteiger partial charge on any atom is -0.0622 e. The van der Waals surface area contributed by atoms with Gasteiger partial charge in [-0.1, -0.05) is 84.9 Å². The van der Waals surface area contributed by atoms with Gasteiger partial charge in [-0.25, -0.2) is 0 Å². The smallest absolute Gasteiger partial charge is 0.00759 e. The summed E-state index contributed by atoms with van der Waals surface area (Å²) in [6.45, 7) is 4.40. The van der Waals surface area contributed by atoms with Gasteiger partial charge < -0.3 is 0 Å². The minimum atomic E-state index is 1.28. The topological polar surface area (TPSA) is 0 Å². The van der Waals surface area contributed by atoms with Crippen LogP contribution in [0.5, 0.6) is 0 Å². The standard InChI is InChI=1S/C24H20/c1-17-13-15-22-21(23(17)19-9-5-3-6-10-19)16-14-18(2)24(22)20-11-7-4-8-12-20/h3-16H,1-2H3. The molecule has 4 aromatic rings. The molecule has 0 amide bonds. The van der Waals surface area contributed by atoms with E-state index in [-0.39, 0.29) is 0 Å². The maximum atomic E-state index is 2.27. The molecule has 24 heavy (non-hydrogen) atoms. The normalized spacial score (nSPS) is 10.9. The predicted molar refractivity (Wildman–Crippen MR) is 104 cm³/mol. The second kappa shape index (κ2) is 5.98. The van der Waals surface area contributed by atoms with E-state index in [4.69, 9.17) is 0 Å². The van der Waals surface area contributed by atoms with Crippen LogP contribution in [0.3, 0.4) is 0 Å². The van der Waals surface area contributed by atoms with Gasteiger partial charge in [0.25, 0.3) is 0 Å². The quantitative estimate of drug-likeness (QED) is 0.382. The van der Waals surface area contributed by atoms with E-state index in [0.717, 1.165) is 0 Å². The fourth-order valence-corrected chi connectivity index (χ4v) is 3.60. The average Bonchev–Trinajstić information content (AvgIpc) is 2.63. The van der Waals surface area contributed by atoms with Crippen molar-refractivity contribution in [3.63, 3.8) is 0 Å². The zero-order chi connectivity index (χ0) is 16.5. The van der Waals surface area contributed by atoms with Gasteiger partial charge in [0.15, 0.2) is 0 Å². The van der Waals surface area contributed by atoms with Crippen LogP contribution in [0.4, 0.5) is 0 Å². The van der Waals surface area contributed by atoms with Crippen molar-refractivity contribution < 1.29 is 0 Å². The Hall–Kier alpha value is -2.86. The summed E-state index contributed by atoms with van der Waals surface area (Å²) in [5, 5.41) is 2.65. The molecular weight excluding hydrogens is 288 g/mol. The lowest BCUT2D eigenvalue weighted by molar-refractivity contribution is 1.46. The second-order valence-electron chi connectivity index (χ2n) is 6.34. The van der Waals surface area contributed by atoms with E-state index in [1.807, 2.05) is 0 Å². The van der Waals surface area contributed by atoms with Crippen LogP contribution in [0.2, 0.25) is 0 Å². The van der Waals surface area contributed by atoms with Crippen LogP contribution in [-0.4, -0.2) is 0 Å². The summed E-state index contributed by atoms with van der Waals surface area (Å²) >= 11 is 0. The molecule has 0 spiro atoms. The predicted octanol–water partition coefficient (Wildman–Crippen LogP) is 6.79. The first kappa shape index (κ1) is 14.7. The number of hydrogen-bond acceptors (Lipinski definition) is 0. The summed E-state index contributed by atoms with van der Waals surface area (Å²) in [5.41, 5.74) is 7.87. The van der Waals surface area contributed by atoms with Crippen molar-refractivity contribution in [2.24, 2.45) is 0 Å². The highest BCUT2D eigenvalue weighted by Crippen LogP contribution is 2.38. The Morgan fingerprint density at radius 1 is 0.417 bits per heavy atom. The molecule has 116 valence electrons. The molecule has 0 bridgehead atoms. The average molecular weight is 308 g/mol. The number of fused-ring (bicyclic) bond motifs is 1. The summed E-state index contributed by atoms with van der Waals surface area (Å²) in [6.07, 6.45) is 0. The van der Waals surface area contributed by atoms with Crippen LogP contribution in [-0.2, 0) is 0 Å². The molecule has 4 rings (SSSR count). The van der Waals surface area contributed by atoms with E-state index >= 15 is 0 Å². The lowest BCUT2D eigenvalue weighted by atomic mass is 9.88. The summed E-state index contributed by atoms with van der Waals surface area (Å²) < 4.78 is 0. The van der Waals surface area contributed by atoms with Crippen molar-refractivity contribution in [2.45, 2.75) is 13.8 Å². The van der Waals surface area contributed by atoms with Crippen molar-refractivity contribution in [1.82, 2.24) is 0 Å². The fourth-order valence-electron chi connectivity index (χ4n) is 3.60. The molecule has 0 N–H and O–H groups in total. The van der Waals surface area contributed by atoms with Crippen molar-refractivity contribution in [1.29, 1.82) is 0 Å². The fraction of sp³-hybridized carbons (Fsp3) is 0.0833. The molecule has 0 unspecified atom stereocenters. The van der Waals surface area contributed by atoms with Gasteiger partial charge in [0.1, 0.15) is 0 Å². The number of rotatable bonds is 2. The molecule has 0 fully saturated rings. The van der Waals surface area contributed by atoms with Crippen LogP contribution in [0, 0.1) is 13.8 Å². The van der Waals surface area contributed by atoms with Crippen molar-refractivity contribution in [3.05, 3.63) is 96.1 Å². The van der Waals surface area contributed by atoms with Crippen molar-refractivity contribution >= 4 is 10.8 Å². The Labute approximate surface area is 143 Å². The summed E-state index contributed by atoms with van der Waals surface area (Å²) in [5.74, 6) is 0. The Morgan fingerprint density at radius 2 is 0.792 bits per heavy atom. The van der Waals surface area contributed by atoms with Crippen LogP contribution >= 0.6 is 0 Å². The molecule has 0 nitrogen and oxygen atoms in total. The molecule has 0 atom stereocenters. The van der Waals surface area contributed by atoms with Gasteiger partial charge in [-0.15, -0.1) is 0 Å². The van der Waals surface area contributed by atoms with Crippen LogP contribution in [0.15, 0.2) is 84.9 Å². The number of hydrogen-bond donors (Lipinski definition) is 0. The third-order valence-corrected chi connectivity index (χ3v) is 4.74. The van der Waals surface area contributed by atoms with Crippen LogP contribution in [0.25, 0.3) is 33.0 Å². The van der Waals surface area contributed by atoms with Crippen LogP contribution in [0.1, 0.15) is 11.1 Å². The Kier molecular flexibility index (Phi) is 3.66. The van der Waals surface area contributed by atoms with Gasteiger partial charge in [0.2, 0.25) is 0 Å². The zero-order valence-electron chi connectivity index (χ0n) is 14.1. The van der Waals surface area contributed by atoms with Gasteiger partial charge in [-0.3, -0.25) is 0 Å². The lowest BCUT2D eigenvalue weighted by Gasteiger charge is -2.16. The zero-order valence-corrected chi connectivity index (χ0v) is 14.1. The molecule has 0 radical (unpaired) electrons. The molecule has 4 aromatic carbocycles. The summed E-state index contributed by atoms with van der Waals surface area (Å²) in [6, 6.07) is 30.4. The lowest BCUT2D eigenvalue weighted by Crippen LogP contribution is -1.91. The highest BCUT2D eigenvalue weighted by molar-refractivity contribution is 6.06. The summed E-state index contributed by atoms with van der Waals surface area (Å²) in [4.78, 5) is 0. The van der Waals surface area contributed by atoms with E-state index in [0.29, 0.717) is 0 Å². The third kappa shape index (κ3) is 2.41. The molecule has 0 aliphatic carbocycles. The largest absolute Gasteiger partial charge is 0.0622 e. The van der Waals surface area contributed by atoms with Gasteiger partial charge >= 0.3 is 0 Å². The molecule has 0 heteroatoms. The molecule has 0 aliphatic rings. The molecule has 0 aromatic heterocycles. The molecule has 0 heterocycles. The van der Waals surface area contributed by atoms with E-state index in [1.165, 1.54) is 44.2 Å². The first-order chi connectivity index (χ1) is 11.8. The van der Waals surface area contributed by atoms with Gasteiger partial charge in [0, 0.05) is 0 Å². The van der Waals surface area contributed by atoms with E-state index < -0.39 is 0 Å². The van der Waals surface area contributed by atoms with E-state index in [1.54, 1.807) is 0 Å². The second-order valence-corrected chi connectivity index (χ2v) is 6.34. The van der Waals surface area contributed by atoms with Crippen molar-refractivity contribution in [3.8, 4) is 22.3 Å². The molecular formula is C24H20.